The maximum absolute atomic E-state index is 13.1. The van der Waals surface area contributed by atoms with Crippen LogP contribution in [-0.4, -0.2) is 96.7 Å². The standard InChI is InChI=1S/C76H148O17P2/c1-7-10-12-14-16-18-20-27-34-40-46-52-58-73(78)86-64-71(92-75(80)60-54-48-42-36-28-21-19-17-15-13-11-8-2)66-90-94(82,83)88-62-70(77)63-89-95(84,85)91-67-72(65-87-74(79)59-53-47-41-35-31-30-32-38-44-50-56-68(4)5)93-76(81)61-55-49-43-37-29-25-23-22-24-26-33-39-45-51-57-69(6)9-3/h68-72,77H,7-67H2,1-6H3,(H,82,83)(H,84,85)/t69?,70-,71+,72+/m0/s1. The number of hydrogen-bond donors (Lipinski definition) is 3. The van der Waals surface area contributed by atoms with Crippen LogP contribution in [0.5, 0.6) is 0 Å². The molecule has 0 aromatic rings. The van der Waals surface area contributed by atoms with Gasteiger partial charge in [-0.3, -0.25) is 37.3 Å². The van der Waals surface area contributed by atoms with E-state index in [-0.39, 0.29) is 25.7 Å². The van der Waals surface area contributed by atoms with E-state index in [0.717, 1.165) is 102 Å². The SMILES string of the molecule is CCCCCCCCCCCCCCC(=O)OC[C@H](COP(=O)(O)OC[C@H](O)COP(=O)(O)OC[C@@H](COC(=O)CCCCCCCCCCCCC(C)C)OC(=O)CCCCCCCCCCCCCCCCC(C)CC)OC(=O)CCCCCCCCCCCCCC. The molecule has 0 amide bonds. The lowest BCUT2D eigenvalue weighted by molar-refractivity contribution is -0.161. The minimum atomic E-state index is -4.96. The molecule has 0 saturated heterocycles. The van der Waals surface area contributed by atoms with E-state index in [9.17, 15) is 43.2 Å². The summed E-state index contributed by atoms with van der Waals surface area (Å²) >= 11 is 0. The van der Waals surface area contributed by atoms with Crippen molar-refractivity contribution >= 4 is 39.5 Å². The number of carbonyl (C=O) groups excluding carboxylic acids is 4. The van der Waals surface area contributed by atoms with Crippen molar-refractivity contribution in [2.75, 3.05) is 39.6 Å². The molecular weight excluding hydrogens is 1250 g/mol. The monoisotopic (exact) mass is 1400 g/mol. The van der Waals surface area contributed by atoms with E-state index in [1.165, 1.54) is 212 Å². The van der Waals surface area contributed by atoms with Gasteiger partial charge in [0, 0.05) is 25.7 Å². The molecule has 0 aliphatic heterocycles. The number of rotatable bonds is 75. The van der Waals surface area contributed by atoms with Crippen molar-refractivity contribution in [2.24, 2.45) is 11.8 Å². The van der Waals surface area contributed by atoms with Crippen LogP contribution >= 0.6 is 15.6 Å². The summed E-state index contributed by atoms with van der Waals surface area (Å²) in [4.78, 5) is 72.8. The van der Waals surface area contributed by atoms with Gasteiger partial charge in [0.25, 0.3) is 0 Å². The van der Waals surface area contributed by atoms with E-state index < -0.39 is 97.5 Å². The van der Waals surface area contributed by atoms with Gasteiger partial charge in [0.15, 0.2) is 12.2 Å². The molecule has 6 atom stereocenters. The second-order valence-corrected chi connectivity index (χ2v) is 31.0. The van der Waals surface area contributed by atoms with Crippen molar-refractivity contribution < 1.29 is 80.2 Å². The fourth-order valence-electron chi connectivity index (χ4n) is 11.6. The van der Waals surface area contributed by atoms with Crippen molar-refractivity contribution in [2.45, 2.75) is 413 Å². The smallest absolute Gasteiger partial charge is 0.462 e. The molecule has 0 spiro atoms. The van der Waals surface area contributed by atoms with Crippen LogP contribution < -0.4 is 0 Å². The van der Waals surface area contributed by atoms with E-state index in [1.54, 1.807) is 0 Å². The van der Waals surface area contributed by atoms with Gasteiger partial charge in [0.1, 0.15) is 19.3 Å². The van der Waals surface area contributed by atoms with Crippen LogP contribution in [-0.2, 0) is 65.4 Å². The Labute approximate surface area is 581 Å². The Morgan fingerprint density at radius 1 is 0.305 bits per heavy atom. The molecule has 0 rings (SSSR count). The van der Waals surface area contributed by atoms with E-state index in [4.69, 9.17) is 37.0 Å². The molecule has 564 valence electrons. The average Bonchev–Trinajstić information content (AvgIpc) is 2.17. The quantitative estimate of drug-likeness (QED) is 0.0222. The molecule has 19 heteroatoms. The van der Waals surface area contributed by atoms with Crippen LogP contribution in [0.4, 0.5) is 0 Å². The van der Waals surface area contributed by atoms with Crippen molar-refractivity contribution in [3.63, 3.8) is 0 Å². The molecule has 0 heterocycles. The van der Waals surface area contributed by atoms with Gasteiger partial charge in [-0.1, -0.05) is 343 Å². The normalized spacial score (nSPS) is 14.3. The fourth-order valence-corrected chi connectivity index (χ4v) is 13.2. The Kier molecular flexibility index (Phi) is 66.5. The topological polar surface area (TPSA) is 237 Å². The molecule has 3 N–H and O–H groups in total. The highest BCUT2D eigenvalue weighted by atomic mass is 31.2. The second-order valence-electron chi connectivity index (χ2n) is 28.1. The van der Waals surface area contributed by atoms with Crippen LogP contribution in [0.1, 0.15) is 395 Å². The summed E-state index contributed by atoms with van der Waals surface area (Å²) in [6, 6.07) is 0. The van der Waals surface area contributed by atoms with E-state index in [2.05, 4.69) is 41.5 Å². The van der Waals surface area contributed by atoms with Crippen LogP contribution in [0.15, 0.2) is 0 Å². The van der Waals surface area contributed by atoms with E-state index in [1.807, 2.05) is 0 Å². The van der Waals surface area contributed by atoms with Crippen molar-refractivity contribution in [1.82, 2.24) is 0 Å². The molecule has 0 aromatic heterocycles. The zero-order valence-corrected chi connectivity index (χ0v) is 63.8. The maximum Gasteiger partial charge on any atom is 0.472 e. The van der Waals surface area contributed by atoms with Gasteiger partial charge in [0.05, 0.1) is 26.4 Å². The van der Waals surface area contributed by atoms with Crippen LogP contribution in [0.3, 0.4) is 0 Å². The summed E-state index contributed by atoms with van der Waals surface area (Å²) in [5.41, 5.74) is 0. The number of phosphoric acid groups is 2. The third-order valence-corrected chi connectivity index (χ3v) is 20.0. The molecule has 0 aromatic carbocycles. The highest BCUT2D eigenvalue weighted by molar-refractivity contribution is 7.47. The number of hydrogen-bond acceptors (Lipinski definition) is 15. The summed E-state index contributed by atoms with van der Waals surface area (Å²) in [5, 5.41) is 10.6. The highest BCUT2D eigenvalue weighted by Crippen LogP contribution is 2.45. The summed E-state index contributed by atoms with van der Waals surface area (Å²) in [6.45, 7) is 9.65. The summed E-state index contributed by atoms with van der Waals surface area (Å²) < 4.78 is 68.5. The Morgan fingerprint density at radius 2 is 0.537 bits per heavy atom. The summed E-state index contributed by atoms with van der Waals surface area (Å²) in [7, 11) is -9.91. The van der Waals surface area contributed by atoms with Crippen LogP contribution in [0.25, 0.3) is 0 Å². The Bertz CT molecular complexity index is 1840. The largest absolute Gasteiger partial charge is 0.472 e. The van der Waals surface area contributed by atoms with Gasteiger partial charge >= 0.3 is 39.5 Å². The first-order valence-electron chi connectivity index (χ1n) is 39.5. The predicted molar refractivity (Wildman–Crippen MR) is 386 cm³/mol. The molecule has 0 bridgehead atoms. The summed E-state index contributed by atoms with van der Waals surface area (Å²) in [5.74, 6) is -0.509. The fraction of sp³-hybridized carbons (Fsp3) is 0.947. The number of esters is 4. The lowest BCUT2D eigenvalue weighted by atomic mass is 9.99. The van der Waals surface area contributed by atoms with Gasteiger partial charge in [-0.2, -0.15) is 0 Å². The second kappa shape index (κ2) is 67.9. The lowest BCUT2D eigenvalue weighted by Crippen LogP contribution is -2.30. The molecule has 17 nitrogen and oxygen atoms in total. The highest BCUT2D eigenvalue weighted by Gasteiger charge is 2.30. The lowest BCUT2D eigenvalue weighted by Gasteiger charge is -2.21. The molecule has 0 aliphatic rings. The minimum absolute atomic E-state index is 0.108. The molecule has 0 aliphatic carbocycles. The van der Waals surface area contributed by atoms with Gasteiger partial charge in [-0.05, 0) is 37.5 Å². The first-order valence-corrected chi connectivity index (χ1v) is 42.5. The molecule has 0 saturated carbocycles. The molecule has 0 fully saturated rings. The molecule has 95 heavy (non-hydrogen) atoms. The molecule has 0 radical (unpaired) electrons. The van der Waals surface area contributed by atoms with Crippen molar-refractivity contribution in [3.05, 3.63) is 0 Å². The van der Waals surface area contributed by atoms with Crippen LogP contribution in [0.2, 0.25) is 0 Å². The number of aliphatic hydroxyl groups is 1. The van der Waals surface area contributed by atoms with E-state index in [0.29, 0.717) is 25.7 Å². The van der Waals surface area contributed by atoms with Crippen LogP contribution in [0, 0.1) is 11.8 Å². The first kappa shape index (κ1) is 93.1. The zero-order valence-electron chi connectivity index (χ0n) is 62.0. The number of unbranched alkanes of at least 4 members (excludes halogenated alkanes) is 44. The number of phosphoric ester groups is 2. The zero-order chi connectivity index (χ0) is 70.0. The first-order chi connectivity index (χ1) is 45.9. The predicted octanol–water partition coefficient (Wildman–Crippen LogP) is 22.3. The van der Waals surface area contributed by atoms with Crippen molar-refractivity contribution in [3.8, 4) is 0 Å². The number of ether oxygens (including phenoxy) is 4. The maximum atomic E-state index is 13.1. The third-order valence-electron chi connectivity index (χ3n) is 18.1. The Hall–Kier alpha value is -1.94. The minimum Gasteiger partial charge on any atom is -0.462 e. The van der Waals surface area contributed by atoms with Gasteiger partial charge < -0.3 is 33.8 Å². The van der Waals surface area contributed by atoms with Gasteiger partial charge in [-0.15, -0.1) is 0 Å². The Morgan fingerprint density at radius 3 is 0.800 bits per heavy atom. The van der Waals surface area contributed by atoms with Gasteiger partial charge in [-0.25, -0.2) is 9.13 Å². The van der Waals surface area contributed by atoms with Crippen molar-refractivity contribution in [1.29, 1.82) is 0 Å². The third kappa shape index (κ3) is 69.0. The van der Waals surface area contributed by atoms with E-state index >= 15 is 0 Å². The molecular formula is C76H148O17P2. The average molecular weight is 1400 g/mol. The Balaban J connectivity index is 5.25. The summed E-state index contributed by atoms with van der Waals surface area (Å²) in [6.07, 6.45) is 55.2. The van der Waals surface area contributed by atoms with Gasteiger partial charge in [0.2, 0.25) is 0 Å². The number of carbonyl (C=O) groups is 4. The molecule has 3 unspecified atom stereocenters. The number of aliphatic hydroxyl groups excluding tert-OH is 1.